The van der Waals surface area contributed by atoms with Gasteiger partial charge >= 0.3 is 0 Å². The number of halogens is 1. The van der Waals surface area contributed by atoms with Gasteiger partial charge in [0, 0.05) is 12.7 Å². The Labute approximate surface area is 171 Å². The number of para-hydroxylation sites is 1. The molecule has 1 N–H and O–H groups in total. The summed E-state index contributed by atoms with van der Waals surface area (Å²) in [5.74, 6) is 0.626. The van der Waals surface area contributed by atoms with Gasteiger partial charge in [0.25, 0.3) is 0 Å². The fourth-order valence-corrected chi connectivity index (χ4v) is 3.31. The monoisotopic (exact) mass is 399 g/mol. The molecule has 7 nitrogen and oxygen atoms in total. The molecule has 30 heavy (non-hydrogen) atoms. The lowest BCUT2D eigenvalue weighted by Gasteiger charge is -2.11. The molecule has 5 aromatic rings. The van der Waals surface area contributed by atoms with Crippen molar-refractivity contribution in [2.45, 2.75) is 13.5 Å². The van der Waals surface area contributed by atoms with E-state index in [4.69, 9.17) is 0 Å². The third kappa shape index (κ3) is 3.28. The zero-order valence-electron chi connectivity index (χ0n) is 16.2. The SMILES string of the molecule is Cc1ccn(-c2ccccc2CNc2ccc3nnc(-c4ccccc4F)n3n2)n1. The fraction of sp³-hybridized carbons (Fsp3) is 0.0909. The van der Waals surface area contributed by atoms with Crippen LogP contribution in [0, 0.1) is 12.7 Å². The van der Waals surface area contributed by atoms with Crippen LogP contribution < -0.4 is 5.32 Å². The third-order valence-corrected chi connectivity index (χ3v) is 4.80. The lowest BCUT2D eigenvalue weighted by molar-refractivity contribution is 0.629. The van der Waals surface area contributed by atoms with Gasteiger partial charge in [-0.25, -0.2) is 9.07 Å². The maximum Gasteiger partial charge on any atom is 0.188 e. The van der Waals surface area contributed by atoms with E-state index < -0.39 is 0 Å². The summed E-state index contributed by atoms with van der Waals surface area (Å²) in [7, 11) is 0. The van der Waals surface area contributed by atoms with Gasteiger partial charge in [-0.05, 0) is 48.9 Å². The number of benzene rings is 2. The van der Waals surface area contributed by atoms with Crippen molar-refractivity contribution >= 4 is 11.5 Å². The van der Waals surface area contributed by atoms with E-state index in [1.165, 1.54) is 6.07 Å². The van der Waals surface area contributed by atoms with Gasteiger partial charge in [0.2, 0.25) is 0 Å². The number of hydrogen-bond donors (Lipinski definition) is 1. The van der Waals surface area contributed by atoms with Gasteiger partial charge in [-0.15, -0.1) is 15.3 Å². The second kappa shape index (κ2) is 7.40. The number of nitrogens with zero attached hydrogens (tertiary/aromatic N) is 6. The molecule has 0 amide bonds. The zero-order chi connectivity index (χ0) is 20.5. The van der Waals surface area contributed by atoms with Crippen molar-refractivity contribution in [1.82, 2.24) is 29.6 Å². The summed E-state index contributed by atoms with van der Waals surface area (Å²) in [6, 6.07) is 20.1. The van der Waals surface area contributed by atoms with Gasteiger partial charge in [-0.2, -0.15) is 9.61 Å². The highest BCUT2D eigenvalue weighted by molar-refractivity contribution is 5.60. The first-order chi connectivity index (χ1) is 14.7. The van der Waals surface area contributed by atoms with Gasteiger partial charge in [-0.1, -0.05) is 30.3 Å². The van der Waals surface area contributed by atoms with E-state index in [9.17, 15) is 4.39 Å². The number of nitrogens with one attached hydrogen (secondary N) is 1. The molecule has 3 aromatic heterocycles. The Hall–Kier alpha value is -4.07. The van der Waals surface area contributed by atoms with Crippen LogP contribution in [0.1, 0.15) is 11.3 Å². The average Bonchev–Trinajstić information content (AvgIpc) is 3.39. The van der Waals surface area contributed by atoms with Crippen molar-refractivity contribution < 1.29 is 4.39 Å². The molecule has 0 saturated carbocycles. The number of fused-ring (bicyclic) bond motifs is 1. The van der Waals surface area contributed by atoms with Gasteiger partial charge in [-0.3, -0.25) is 0 Å². The van der Waals surface area contributed by atoms with Crippen molar-refractivity contribution in [3.8, 4) is 17.1 Å². The normalized spacial score (nSPS) is 11.1. The number of anilines is 1. The van der Waals surface area contributed by atoms with Crippen molar-refractivity contribution in [3.05, 3.63) is 90.0 Å². The van der Waals surface area contributed by atoms with Crippen LogP contribution in [0.3, 0.4) is 0 Å². The Morgan fingerprint density at radius 3 is 2.57 bits per heavy atom. The van der Waals surface area contributed by atoms with E-state index in [-0.39, 0.29) is 5.82 Å². The summed E-state index contributed by atoms with van der Waals surface area (Å²) < 4.78 is 17.6. The Kier molecular flexibility index (Phi) is 4.44. The minimum atomic E-state index is -0.365. The molecule has 2 aromatic carbocycles. The zero-order valence-corrected chi connectivity index (χ0v) is 16.2. The van der Waals surface area contributed by atoms with Crippen molar-refractivity contribution in [3.63, 3.8) is 0 Å². The summed E-state index contributed by atoms with van der Waals surface area (Å²) in [5.41, 5.74) is 3.93. The lowest BCUT2D eigenvalue weighted by atomic mass is 10.2. The maximum absolute atomic E-state index is 14.2. The summed E-state index contributed by atoms with van der Waals surface area (Å²) in [4.78, 5) is 0. The molecule has 0 spiro atoms. The first-order valence-corrected chi connectivity index (χ1v) is 9.51. The molecule has 3 heterocycles. The van der Waals surface area contributed by atoms with Crippen molar-refractivity contribution in [1.29, 1.82) is 0 Å². The highest BCUT2D eigenvalue weighted by Gasteiger charge is 2.14. The molecular formula is C22H18FN7. The quantitative estimate of drug-likeness (QED) is 0.483. The van der Waals surface area contributed by atoms with Crippen LogP contribution >= 0.6 is 0 Å². The lowest BCUT2D eigenvalue weighted by Crippen LogP contribution is -2.08. The van der Waals surface area contributed by atoms with E-state index in [2.05, 4.69) is 25.7 Å². The highest BCUT2D eigenvalue weighted by Crippen LogP contribution is 2.22. The minimum absolute atomic E-state index is 0.356. The highest BCUT2D eigenvalue weighted by atomic mass is 19.1. The predicted molar refractivity (Wildman–Crippen MR) is 112 cm³/mol. The van der Waals surface area contributed by atoms with Crippen LogP contribution in [-0.4, -0.2) is 29.6 Å². The van der Waals surface area contributed by atoms with Crippen molar-refractivity contribution in [2.24, 2.45) is 0 Å². The number of aryl methyl sites for hydroxylation is 1. The van der Waals surface area contributed by atoms with E-state index in [1.807, 2.05) is 54.2 Å². The van der Waals surface area contributed by atoms with Crippen LogP contribution in [0.15, 0.2) is 72.9 Å². The standard InChI is InChI=1S/C22H18FN7/c1-15-12-13-29(27-15)19-9-5-2-6-16(19)14-24-20-10-11-21-25-26-22(30(21)28-20)17-7-3-4-8-18(17)23/h2-13H,14H2,1H3,(H,24,28). The summed E-state index contributed by atoms with van der Waals surface area (Å²) in [6.45, 7) is 2.51. The van der Waals surface area contributed by atoms with E-state index in [1.54, 1.807) is 28.8 Å². The molecule has 0 aliphatic heterocycles. The molecule has 0 unspecified atom stereocenters. The first-order valence-electron chi connectivity index (χ1n) is 9.51. The molecule has 0 aliphatic carbocycles. The van der Waals surface area contributed by atoms with Gasteiger partial charge in [0.05, 0.1) is 16.9 Å². The van der Waals surface area contributed by atoms with E-state index in [0.29, 0.717) is 29.4 Å². The van der Waals surface area contributed by atoms with Gasteiger partial charge in [0.1, 0.15) is 11.6 Å². The Morgan fingerprint density at radius 2 is 1.73 bits per heavy atom. The minimum Gasteiger partial charge on any atom is -0.364 e. The van der Waals surface area contributed by atoms with Gasteiger partial charge < -0.3 is 5.32 Å². The maximum atomic E-state index is 14.2. The molecule has 0 aliphatic rings. The number of aromatic nitrogens is 6. The topological polar surface area (TPSA) is 72.9 Å². The van der Waals surface area contributed by atoms with Crippen LogP contribution in [-0.2, 0) is 6.54 Å². The first kappa shape index (κ1) is 18.0. The van der Waals surface area contributed by atoms with E-state index >= 15 is 0 Å². The molecule has 0 radical (unpaired) electrons. The summed E-state index contributed by atoms with van der Waals surface area (Å²) in [5, 5.41) is 20.6. The van der Waals surface area contributed by atoms with Crippen LogP contribution in [0.25, 0.3) is 22.7 Å². The van der Waals surface area contributed by atoms with Crippen molar-refractivity contribution in [2.75, 3.05) is 5.32 Å². The Morgan fingerprint density at radius 1 is 0.900 bits per heavy atom. The molecule has 0 atom stereocenters. The Balaban J connectivity index is 1.45. The smallest absolute Gasteiger partial charge is 0.188 e. The molecule has 8 heteroatoms. The molecule has 0 saturated heterocycles. The van der Waals surface area contributed by atoms with Crippen LogP contribution in [0.4, 0.5) is 10.2 Å². The van der Waals surface area contributed by atoms with Crippen LogP contribution in [0.5, 0.6) is 0 Å². The predicted octanol–water partition coefficient (Wildman–Crippen LogP) is 4.04. The van der Waals surface area contributed by atoms with Crippen LogP contribution in [0.2, 0.25) is 0 Å². The molecule has 0 fully saturated rings. The largest absolute Gasteiger partial charge is 0.364 e. The molecular weight excluding hydrogens is 381 g/mol. The van der Waals surface area contributed by atoms with Gasteiger partial charge in [0.15, 0.2) is 11.5 Å². The second-order valence-electron chi connectivity index (χ2n) is 6.88. The summed E-state index contributed by atoms with van der Waals surface area (Å²) in [6.07, 6.45) is 1.94. The molecule has 148 valence electrons. The summed E-state index contributed by atoms with van der Waals surface area (Å²) >= 11 is 0. The molecule has 0 bridgehead atoms. The fourth-order valence-electron chi connectivity index (χ4n) is 3.31. The van der Waals surface area contributed by atoms with E-state index in [0.717, 1.165) is 16.9 Å². The number of rotatable bonds is 5. The average molecular weight is 399 g/mol. The third-order valence-electron chi connectivity index (χ3n) is 4.80. The molecule has 5 rings (SSSR count). The Bertz CT molecular complexity index is 1340. The second-order valence-corrected chi connectivity index (χ2v) is 6.88. The number of hydrogen-bond acceptors (Lipinski definition) is 5.